The molecule has 1 saturated heterocycles. The van der Waals surface area contributed by atoms with E-state index in [1.54, 1.807) is 20.8 Å². The molecule has 2 aliphatic heterocycles. The zero-order chi connectivity index (χ0) is 23.2. The first-order valence-electron chi connectivity index (χ1n) is 10.2. The Labute approximate surface area is 185 Å². The van der Waals surface area contributed by atoms with Crippen molar-refractivity contribution in [2.75, 3.05) is 6.61 Å². The molecular weight excluding hydrogens is 422 g/mol. The van der Waals surface area contributed by atoms with Gasteiger partial charge in [-0.05, 0) is 45.8 Å². The van der Waals surface area contributed by atoms with Crippen molar-refractivity contribution in [2.45, 2.75) is 90.6 Å². The van der Waals surface area contributed by atoms with E-state index in [0.717, 1.165) is 0 Å². The number of amides is 1. The predicted molar refractivity (Wildman–Crippen MR) is 119 cm³/mol. The maximum atomic E-state index is 13.1. The van der Waals surface area contributed by atoms with Gasteiger partial charge in [-0.15, -0.1) is 0 Å². The summed E-state index contributed by atoms with van der Waals surface area (Å²) in [6.45, 7) is 19.3. The van der Waals surface area contributed by atoms with Gasteiger partial charge >= 0.3 is 11.9 Å². The Morgan fingerprint density at radius 3 is 2.20 bits per heavy atom. The first-order chi connectivity index (χ1) is 13.5. The Balaban J connectivity index is 2.24. The summed E-state index contributed by atoms with van der Waals surface area (Å²) in [6, 6.07) is 0. The number of nitrogens with zero attached hydrogens (tertiary/aromatic N) is 1. The summed E-state index contributed by atoms with van der Waals surface area (Å²) in [5.74, 6) is -1.54. The van der Waals surface area contributed by atoms with Crippen molar-refractivity contribution < 1.29 is 28.3 Å². The maximum absolute atomic E-state index is 13.1. The lowest BCUT2D eigenvalue weighted by Crippen LogP contribution is -2.62. The minimum absolute atomic E-state index is 0.0248. The van der Waals surface area contributed by atoms with Crippen molar-refractivity contribution in [2.24, 2.45) is 5.92 Å². The standard InChI is InChI=1S/C21H35NO6SSi/c1-12(28-30(9,10)21(6,7)8)15-17(24)22-16(19(25)27-20(3,4)5)14(29-18(15)22)11-26-13(2)23/h12,15,18H,11H2,1-10H3/t12-,15+,18-/m1/s1. The summed E-state index contributed by atoms with van der Waals surface area (Å²) in [5, 5.41) is -0.234. The number of thioether (sulfide) groups is 1. The second-order valence-corrected chi connectivity index (χ2v) is 16.3. The monoisotopic (exact) mass is 457 g/mol. The lowest BCUT2D eigenvalue weighted by Gasteiger charge is -2.48. The maximum Gasteiger partial charge on any atom is 0.356 e. The lowest BCUT2D eigenvalue weighted by molar-refractivity contribution is -0.162. The van der Waals surface area contributed by atoms with Crippen LogP contribution >= 0.6 is 11.8 Å². The lowest BCUT2D eigenvalue weighted by atomic mass is 9.92. The van der Waals surface area contributed by atoms with E-state index in [9.17, 15) is 14.4 Å². The summed E-state index contributed by atoms with van der Waals surface area (Å²) < 4.78 is 17.1. The molecule has 0 aromatic rings. The van der Waals surface area contributed by atoms with Gasteiger partial charge in [0.1, 0.15) is 23.3 Å². The fraction of sp³-hybridized carbons (Fsp3) is 0.762. The Bertz CT molecular complexity index is 764. The molecule has 1 fully saturated rings. The number of carbonyl (C=O) groups is 3. The number of hydrogen-bond acceptors (Lipinski definition) is 7. The van der Waals surface area contributed by atoms with Crippen LogP contribution in [0.2, 0.25) is 18.1 Å². The van der Waals surface area contributed by atoms with E-state index in [0.29, 0.717) is 4.91 Å². The predicted octanol–water partition coefficient (Wildman–Crippen LogP) is 4.04. The third-order valence-electron chi connectivity index (χ3n) is 5.64. The van der Waals surface area contributed by atoms with E-state index in [1.807, 2.05) is 6.92 Å². The van der Waals surface area contributed by atoms with Crippen molar-refractivity contribution in [3.63, 3.8) is 0 Å². The molecule has 30 heavy (non-hydrogen) atoms. The Morgan fingerprint density at radius 1 is 1.17 bits per heavy atom. The van der Waals surface area contributed by atoms with Crippen LogP contribution in [0.5, 0.6) is 0 Å². The number of fused-ring (bicyclic) bond motifs is 1. The van der Waals surface area contributed by atoms with E-state index in [-0.39, 0.29) is 40.6 Å². The zero-order valence-electron chi connectivity index (χ0n) is 19.7. The Morgan fingerprint density at radius 2 is 1.73 bits per heavy atom. The topological polar surface area (TPSA) is 82.1 Å². The van der Waals surface area contributed by atoms with E-state index in [1.165, 1.54) is 23.6 Å². The molecule has 0 aromatic carbocycles. The molecule has 2 heterocycles. The second-order valence-electron chi connectivity index (χ2n) is 10.4. The van der Waals surface area contributed by atoms with Crippen LogP contribution in [0.25, 0.3) is 0 Å². The van der Waals surface area contributed by atoms with Crippen molar-refractivity contribution in [3.8, 4) is 0 Å². The van der Waals surface area contributed by atoms with Crippen molar-refractivity contribution in [1.29, 1.82) is 0 Å². The van der Waals surface area contributed by atoms with Crippen LogP contribution in [-0.2, 0) is 28.3 Å². The molecule has 9 heteroatoms. The molecule has 0 aromatic heterocycles. The summed E-state index contributed by atoms with van der Waals surface area (Å²) in [5.41, 5.74) is -0.521. The SMILES string of the molecule is CC(=O)OCC1=C(C(=O)OC(C)(C)C)N2C(=O)[C@H]([C@@H](C)O[Si](C)(C)C(C)(C)C)[C@H]2S1. The number of β-lactam (4-membered cyclic amide) rings is 1. The number of esters is 2. The number of hydrogen-bond donors (Lipinski definition) is 0. The molecule has 2 rings (SSSR count). The first-order valence-corrected chi connectivity index (χ1v) is 14.0. The van der Waals surface area contributed by atoms with Crippen molar-refractivity contribution in [3.05, 3.63) is 10.6 Å². The van der Waals surface area contributed by atoms with Crippen LogP contribution in [0, 0.1) is 5.92 Å². The average Bonchev–Trinajstić information content (AvgIpc) is 2.84. The molecule has 0 radical (unpaired) electrons. The Kier molecular flexibility index (Phi) is 6.91. The molecule has 0 unspecified atom stereocenters. The van der Waals surface area contributed by atoms with Gasteiger partial charge in [0.25, 0.3) is 0 Å². The molecule has 0 spiro atoms. The molecule has 0 bridgehead atoms. The second kappa shape index (κ2) is 8.31. The quantitative estimate of drug-likeness (QED) is 0.338. The van der Waals surface area contributed by atoms with Crippen LogP contribution in [-0.4, -0.2) is 54.7 Å². The van der Waals surface area contributed by atoms with Gasteiger partial charge in [0, 0.05) is 6.92 Å². The summed E-state index contributed by atoms with van der Waals surface area (Å²) in [7, 11) is -2.06. The third kappa shape index (κ3) is 5.11. The van der Waals surface area contributed by atoms with E-state index < -0.39 is 25.9 Å². The number of carbonyl (C=O) groups excluding carboxylic acids is 3. The van der Waals surface area contributed by atoms with Crippen molar-refractivity contribution in [1.82, 2.24) is 4.90 Å². The van der Waals surface area contributed by atoms with E-state index in [4.69, 9.17) is 13.9 Å². The summed E-state index contributed by atoms with van der Waals surface area (Å²) in [6.07, 6.45) is -0.278. The first kappa shape index (κ1) is 24.9. The highest BCUT2D eigenvalue weighted by molar-refractivity contribution is 8.04. The smallest absolute Gasteiger partial charge is 0.356 e. The van der Waals surface area contributed by atoms with Gasteiger partial charge in [-0.1, -0.05) is 32.5 Å². The molecular formula is C21H35NO6SSi. The highest BCUT2D eigenvalue weighted by Gasteiger charge is 2.59. The molecule has 1 amide bonds. The van der Waals surface area contributed by atoms with Gasteiger partial charge in [-0.25, -0.2) is 4.79 Å². The van der Waals surface area contributed by atoms with Gasteiger partial charge in [0.15, 0.2) is 8.32 Å². The van der Waals surface area contributed by atoms with Crippen LogP contribution in [0.4, 0.5) is 0 Å². The highest BCUT2D eigenvalue weighted by atomic mass is 32.2. The van der Waals surface area contributed by atoms with Crippen LogP contribution in [0.3, 0.4) is 0 Å². The average molecular weight is 458 g/mol. The Hall–Kier alpha value is -1.32. The minimum atomic E-state index is -2.06. The molecule has 0 saturated carbocycles. The fourth-order valence-corrected chi connectivity index (χ4v) is 6.08. The molecule has 0 N–H and O–H groups in total. The summed E-state index contributed by atoms with van der Waals surface area (Å²) in [4.78, 5) is 39.2. The number of rotatable bonds is 6. The van der Waals surface area contributed by atoms with Gasteiger partial charge in [0.2, 0.25) is 5.91 Å². The third-order valence-corrected chi connectivity index (χ3v) is 11.6. The summed E-state index contributed by atoms with van der Waals surface area (Å²) >= 11 is 1.38. The molecule has 0 aliphatic carbocycles. The molecule has 2 aliphatic rings. The molecule has 7 nitrogen and oxygen atoms in total. The normalized spacial score (nSPS) is 23.1. The zero-order valence-corrected chi connectivity index (χ0v) is 21.6. The van der Waals surface area contributed by atoms with Crippen LogP contribution in [0.1, 0.15) is 55.4 Å². The van der Waals surface area contributed by atoms with Gasteiger partial charge in [0.05, 0.1) is 16.9 Å². The number of ether oxygens (including phenoxy) is 2. The largest absolute Gasteiger partial charge is 0.460 e. The van der Waals surface area contributed by atoms with Crippen LogP contribution in [0.15, 0.2) is 10.6 Å². The molecule has 3 atom stereocenters. The van der Waals surface area contributed by atoms with Gasteiger partial charge < -0.3 is 13.9 Å². The molecule has 170 valence electrons. The van der Waals surface area contributed by atoms with Crippen molar-refractivity contribution >= 4 is 37.9 Å². The van der Waals surface area contributed by atoms with Gasteiger partial charge in [-0.2, -0.15) is 0 Å². The fourth-order valence-electron chi connectivity index (χ4n) is 3.14. The minimum Gasteiger partial charge on any atom is -0.460 e. The van der Waals surface area contributed by atoms with E-state index >= 15 is 0 Å². The van der Waals surface area contributed by atoms with Gasteiger partial charge in [-0.3, -0.25) is 14.5 Å². The highest BCUT2D eigenvalue weighted by Crippen LogP contribution is 2.52. The van der Waals surface area contributed by atoms with E-state index in [2.05, 4.69) is 33.9 Å². The van der Waals surface area contributed by atoms with Crippen LogP contribution < -0.4 is 0 Å².